The summed E-state index contributed by atoms with van der Waals surface area (Å²) >= 11 is 32.2. The molecule has 0 spiro atoms. The zero-order chi connectivity index (χ0) is 51.9. The summed E-state index contributed by atoms with van der Waals surface area (Å²) in [6, 6.07) is 25.1. The van der Waals surface area contributed by atoms with Gasteiger partial charge in [-0.25, -0.2) is 19.2 Å². The zero-order valence-corrected chi connectivity index (χ0v) is 43.6. The summed E-state index contributed by atoms with van der Waals surface area (Å²) in [5.41, 5.74) is 11.3. The van der Waals surface area contributed by atoms with Crippen LogP contribution < -0.4 is 11.1 Å². The van der Waals surface area contributed by atoms with Gasteiger partial charge >= 0.3 is 23.9 Å². The van der Waals surface area contributed by atoms with E-state index in [2.05, 4.69) is 49.0 Å². The number of amides is 1. The number of halogens is 6. The molecule has 12 nitrogen and oxygen atoms in total. The Hall–Kier alpha value is -4.57. The molecule has 0 fully saturated rings. The Kier molecular flexibility index (Phi) is 33.1. The van der Waals surface area contributed by atoms with Gasteiger partial charge in [-0.3, -0.25) is 4.79 Å². The van der Waals surface area contributed by atoms with Gasteiger partial charge < -0.3 is 35.5 Å². The van der Waals surface area contributed by atoms with Crippen LogP contribution in [0.25, 0.3) is 0 Å². The number of carbonyl (C=O) groups excluding carboxylic acids is 4. The van der Waals surface area contributed by atoms with Crippen molar-refractivity contribution in [3.05, 3.63) is 172 Å². The molecule has 0 aliphatic rings. The Morgan fingerprint density at radius 1 is 0.529 bits per heavy atom. The number of aliphatic hydroxyl groups excluding tert-OH is 1. The van der Waals surface area contributed by atoms with Crippen LogP contribution in [0.3, 0.4) is 0 Å². The van der Waals surface area contributed by atoms with Gasteiger partial charge in [-0.1, -0.05) is 94.7 Å². The van der Waals surface area contributed by atoms with Crippen LogP contribution in [0, 0.1) is 0 Å². The monoisotopic (exact) mass is 1090 g/mol. The summed E-state index contributed by atoms with van der Waals surface area (Å²) in [7, 11) is 13.8. The van der Waals surface area contributed by atoms with Crippen molar-refractivity contribution in [3.63, 3.8) is 0 Å². The molecule has 0 aliphatic carbocycles. The van der Waals surface area contributed by atoms with E-state index in [-0.39, 0.29) is 42.9 Å². The topological polar surface area (TPSA) is 192 Å². The van der Waals surface area contributed by atoms with Crippen LogP contribution in [-0.2, 0) is 45.4 Å². The number of rotatable bonds is 11. The number of nitrogens with one attached hydrogen (secondary N) is 1. The van der Waals surface area contributed by atoms with Crippen LogP contribution in [0.15, 0.2) is 91.0 Å². The number of hydrogen-bond acceptors (Lipinski definition) is 10. The number of ether oxygens (including phenoxy) is 3. The number of carboxylic acids is 1. The summed E-state index contributed by atoms with van der Waals surface area (Å²) < 4.78 is 13.7. The van der Waals surface area contributed by atoms with E-state index in [9.17, 15) is 24.0 Å². The van der Waals surface area contributed by atoms with Crippen LogP contribution in [0.4, 0.5) is 0 Å². The minimum Gasteiger partial charge on any atom is -0.478 e. The molecule has 20 heteroatoms. The molecule has 68 heavy (non-hydrogen) atoms. The van der Waals surface area contributed by atoms with E-state index in [4.69, 9.17) is 76.1 Å². The highest BCUT2D eigenvalue weighted by molar-refractivity contribution is 9.08. The number of benzene rings is 5. The first-order chi connectivity index (χ1) is 32.2. The van der Waals surface area contributed by atoms with Crippen LogP contribution in [0.1, 0.15) is 100 Å². The van der Waals surface area contributed by atoms with E-state index < -0.39 is 11.9 Å². The van der Waals surface area contributed by atoms with Crippen LogP contribution in [0.5, 0.6) is 0 Å². The SMILES string of the molecule is CCc1cc(Cl)cc(C(=O)O)c1.CCc1cc(Cl)cc(C(=O)OC)c1.COC(=O)c1cc(Cl)cc(CBr)c1.COC(=O)c1cc(Cl)cc(CO)c1.[B]CN.[B]CNC(=O)c1cc(Cl)cc(CC)c1. The van der Waals surface area contributed by atoms with Gasteiger partial charge in [0.1, 0.15) is 0 Å². The maximum atomic E-state index is 11.4. The summed E-state index contributed by atoms with van der Waals surface area (Å²) in [4.78, 5) is 55.3. The third-order valence-electron chi connectivity index (χ3n) is 8.38. The lowest BCUT2D eigenvalue weighted by molar-refractivity contribution is 0.0591. The quantitative estimate of drug-likeness (QED) is 0.0426. The Morgan fingerprint density at radius 2 is 0.809 bits per heavy atom. The minimum atomic E-state index is -0.938. The van der Waals surface area contributed by atoms with E-state index in [0.29, 0.717) is 58.3 Å². The second kappa shape index (κ2) is 35.5. The molecule has 4 radical (unpaired) electrons. The molecule has 5 rings (SSSR count). The number of esters is 3. The van der Waals surface area contributed by atoms with E-state index in [1.165, 1.54) is 39.5 Å². The van der Waals surface area contributed by atoms with E-state index in [1.54, 1.807) is 54.6 Å². The van der Waals surface area contributed by atoms with Crippen molar-refractivity contribution in [2.75, 3.05) is 34.2 Å². The van der Waals surface area contributed by atoms with Crippen molar-refractivity contribution in [1.82, 2.24) is 5.32 Å². The normalized spacial score (nSPS) is 9.62. The Bertz CT molecular complexity index is 2260. The van der Waals surface area contributed by atoms with Crippen molar-refractivity contribution >= 4 is 119 Å². The van der Waals surface area contributed by atoms with Gasteiger partial charge in [-0.2, -0.15) is 0 Å². The number of carbonyl (C=O) groups is 5. The summed E-state index contributed by atoms with van der Waals surface area (Å²) in [6.07, 6.45) is 2.88. The number of hydrogen-bond donors (Lipinski definition) is 4. The third-order valence-corrected chi connectivity index (χ3v) is 10.1. The Labute approximate surface area is 434 Å². The molecule has 362 valence electrons. The first-order valence-corrected chi connectivity index (χ1v) is 23.2. The zero-order valence-electron chi connectivity index (χ0n) is 38.3. The lowest BCUT2D eigenvalue weighted by Gasteiger charge is -2.05. The molecule has 5 aromatic rings. The highest BCUT2D eigenvalue weighted by Gasteiger charge is 2.10. The lowest BCUT2D eigenvalue weighted by Crippen LogP contribution is -2.24. The maximum Gasteiger partial charge on any atom is 0.337 e. The standard InChI is InChI=1S/C10H11BClNO.C10H11ClO2.C9H8BrClO2.C9H9ClO3.C9H9ClO2.CH4BN/c1-2-7-3-8(5-9(12)4-7)10(14)13-6-11;1-3-7-4-8(10(12)13-2)6-9(11)5-7;1-13-9(12)7-2-6(5-10)3-8(11)4-7;1-13-9(12)7-2-6(5-11)3-8(10)4-7;1-2-6-3-7(9(11)12)5-8(10)4-6;2-1-3/h3-5H,2,6H2,1H3,(H,13,14);4-6H,3H2,1-2H3;2-4H,5H2,1H3;2-4,11H,5H2,1H3;3-5H,2H2,1H3,(H,11,12);1,3H2. The maximum absolute atomic E-state index is 11.4. The molecule has 0 saturated heterocycles. The number of aliphatic hydroxyl groups is 1. The molecule has 0 saturated carbocycles. The van der Waals surface area contributed by atoms with E-state index in [1.807, 2.05) is 39.0 Å². The van der Waals surface area contributed by atoms with Crippen LogP contribution in [-0.4, -0.2) is 89.9 Å². The molecule has 0 aliphatic heterocycles. The predicted octanol–water partition coefficient (Wildman–Crippen LogP) is 10.8. The molecular formula is C48H52B2BrCl5N2O10. The van der Waals surface area contributed by atoms with Crippen LogP contribution >= 0.6 is 73.9 Å². The molecular weight excluding hydrogens is 1040 g/mol. The molecule has 0 bridgehead atoms. The van der Waals surface area contributed by atoms with Gasteiger partial charge in [0.15, 0.2) is 0 Å². The van der Waals surface area contributed by atoms with Crippen molar-refractivity contribution in [3.8, 4) is 0 Å². The number of aromatic carboxylic acids is 1. The molecule has 0 heterocycles. The minimum absolute atomic E-state index is 0.132. The Morgan fingerprint density at radius 3 is 1.12 bits per heavy atom. The van der Waals surface area contributed by atoms with Crippen molar-refractivity contribution < 1.29 is 48.4 Å². The van der Waals surface area contributed by atoms with E-state index >= 15 is 0 Å². The van der Waals surface area contributed by atoms with Crippen molar-refractivity contribution in [1.29, 1.82) is 0 Å². The second-order valence-corrected chi connectivity index (χ2v) is 16.1. The average molecular weight is 1100 g/mol. The number of carboxylic acid groups (broad SMARTS) is 1. The molecule has 0 unspecified atom stereocenters. The molecule has 1 amide bonds. The van der Waals surface area contributed by atoms with Crippen molar-refractivity contribution in [2.24, 2.45) is 5.73 Å². The van der Waals surface area contributed by atoms with E-state index in [0.717, 1.165) is 41.5 Å². The fourth-order valence-corrected chi connectivity index (χ4v) is 6.80. The molecule has 5 aromatic carbocycles. The molecule has 0 aromatic heterocycles. The second-order valence-electron chi connectivity index (χ2n) is 13.3. The highest BCUT2D eigenvalue weighted by Crippen LogP contribution is 2.20. The van der Waals surface area contributed by atoms with Crippen molar-refractivity contribution in [2.45, 2.75) is 52.0 Å². The fraction of sp³-hybridized carbons (Fsp3) is 0.271. The summed E-state index contributed by atoms with van der Waals surface area (Å²) in [5.74, 6) is -2.31. The van der Waals surface area contributed by atoms with Gasteiger partial charge in [0.05, 0.1) is 65.9 Å². The van der Waals surface area contributed by atoms with Crippen LogP contribution in [0.2, 0.25) is 25.1 Å². The van der Waals surface area contributed by atoms with Gasteiger partial charge in [0, 0.05) is 36.0 Å². The first kappa shape index (κ1) is 63.4. The van der Waals surface area contributed by atoms with Gasteiger partial charge in [0.2, 0.25) is 0 Å². The summed E-state index contributed by atoms with van der Waals surface area (Å²) in [5, 5.41) is 23.3. The predicted molar refractivity (Wildman–Crippen MR) is 278 cm³/mol. The third kappa shape index (κ3) is 25.2. The van der Waals surface area contributed by atoms with Gasteiger partial charge in [-0.05, 0) is 151 Å². The van der Waals surface area contributed by atoms with Gasteiger partial charge in [-0.15, -0.1) is 0 Å². The Balaban J connectivity index is 0.000000813. The molecule has 5 N–H and O–H groups in total. The first-order valence-electron chi connectivity index (χ1n) is 20.2. The molecule has 0 atom stereocenters. The number of aryl methyl sites for hydroxylation is 3. The highest BCUT2D eigenvalue weighted by atomic mass is 79.9. The average Bonchev–Trinajstić information content (AvgIpc) is 3.33. The smallest absolute Gasteiger partial charge is 0.337 e. The summed E-state index contributed by atoms with van der Waals surface area (Å²) in [6.45, 7) is 5.82. The largest absolute Gasteiger partial charge is 0.478 e. The lowest BCUT2D eigenvalue weighted by atomic mass is 10.1. The number of nitrogens with two attached hydrogens (primary N) is 1. The number of alkyl halides is 1. The number of methoxy groups -OCH3 is 3. The van der Waals surface area contributed by atoms with Gasteiger partial charge in [0.25, 0.3) is 5.91 Å². The fourth-order valence-electron chi connectivity index (χ4n) is 5.19.